The van der Waals surface area contributed by atoms with Gasteiger partial charge in [0.2, 0.25) is 5.95 Å². The van der Waals surface area contributed by atoms with Crippen LogP contribution in [0, 0.1) is 6.92 Å². The minimum absolute atomic E-state index is 0.839. The van der Waals surface area contributed by atoms with Crippen molar-refractivity contribution in [2.45, 2.75) is 6.92 Å². The molecule has 3 rings (SSSR count). The lowest BCUT2D eigenvalue weighted by Gasteiger charge is -2.08. The first-order valence-electron chi connectivity index (χ1n) is 6.10. The molecule has 2 aromatic carbocycles. The Morgan fingerprint density at radius 1 is 1.16 bits per heavy atom. The minimum Gasteiger partial charge on any atom is -0.325 e. The number of nitrogens with one attached hydrogen (secondary N) is 1. The number of halogens is 1. The number of benzene rings is 2. The van der Waals surface area contributed by atoms with Crippen molar-refractivity contribution >= 4 is 38.6 Å². The average molecular weight is 316 g/mol. The zero-order valence-corrected chi connectivity index (χ0v) is 12.4. The zero-order valence-electron chi connectivity index (χ0n) is 10.8. The molecule has 1 heterocycles. The summed E-state index contributed by atoms with van der Waals surface area (Å²) < 4.78 is 3.10. The van der Waals surface area contributed by atoms with E-state index in [9.17, 15) is 0 Å². The maximum Gasteiger partial charge on any atom is 0.208 e. The van der Waals surface area contributed by atoms with Crippen LogP contribution in [0.3, 0.4) is 0 Å². The number of imidazole rings is 1. The largest absolute Gasteiger partial charge is 0.325 e. The summed E-state index contributed by atoms with van der Waals surface area (Å²) in [5, 5.41) is 3.36. The molecule has 1 aromatic heterocycles. The van der Waals surface area contributed by atoms with Gasteiger partial charge in [-0.05, 0) is 52.7 Å². The number of hydrogen-bond acceptors (Lipinski definition) is 2. The third kappa shape index (κ3) is 2.24. The SMILES string of the molecule is Cc1ccc(Nc2nc3ccccc3n2C)c(Br)c1. The fourth-order valence-electron chi connectivity index (χ4n) is 2.10. The second-order valence-corrected chi connectivity index (χ2v) is 5.45. The molecule has 0 aliphatic carbocycles. The van der Waals surface area contributed by atoms with Crippen molar-refractivity contribution in [2.75, 3.05) is 5.32 Å². The molecule has 0 amide bonds. The highest BCUT2D eigenvalue weighted by Crippen LogP contribution is 2.27. The van der Waals surface area contributed by atoms with Crippen LogP contribution in [0.2, 0.25) is 0 Å². The number of nitrogens with zero attached hydrogens (tertiary/aromatic N) is 2. The first-order valence-corrected chi connectivity index (χ1v) is 6.89. The molecule has 3 nitrogen and oxygen atoms in total. The third-order valence-corrected chi connectivity index (χ3v) is 3.81. The van der Waals surface area contributed by atoms with Gasteiger partial charge in [0.25, 0.3) is 0 Å². The van der Waals surface area contributed by atoms with Crippen LogP contribution in [0.15, 0.2) is 46.9 Å². The van der Waals surface area contributed by atoms with E-state index in [1.807, 2.05) is 25.2 Å². The van der Waals surface area contributed by atoms with E-state index in [1.165, 1.54) is 5.56 Å². The molecule has 0 bridgehead atoms. The van der Waals surface area contributed by atoms with E-state index in [2.05, 4.69) is 62.0 Å². The molecule has 0 aliphatic heterocycles. The van der Waals surface area contributed by atoms with Crippen LogP contribution in [0.25, 0.3) is 11.0 Å². The molecule has 0 aliphatic rings. The molecular weight excluding hydrogens is 302 g/mol. The van der Waals surface area contributed by atoms with E-state index in [1.54, 1.807) is 0 Å². The summed E-state index contributed by atoms with van der Waals surface area (Å²) in [6.07, 6.45) is 0. The van der Waals surface area contributed by atoms with Crippen molar-refractivity contribution in [3.63, 3.8) is 0 Å². The van der Waals surface area contributed by atoms with Gasteiger partial charge in [-0.1, -0.05) is 18.2 Å². The monoisotopic (exact) mass is 315 g/mol. The molecule has 0 atom stereocenters. The molecular formula is C15H14BrN3. The van der Waals surface area contributed by atoms with E-state index in [4.69, 9.17) is 0 Å². The zero-order chi connectivity index (χ0) is 13.4. The van der Waals surface area contributed by atoms with E-state index in [0.717, 1.165) is 27.1 Å². The topological polar surface area (TPSA) is 29.9 Å². The average Bonchev–Trinajstić information content (AvgIpc) is 2.70. The fourth-order valence-corrected chi connectivity index (χ4v) is 2.69. The Kier molecular flexibility index (Phi) is 3.03. The lowest BCUT2D eigenvalue weighted by Crippen LogP contribution is -1.99. The maximum absolute atomic E-state index is 4.60. The van der Waals surface area contributed by atoms with Crippen LogP contribution in [0.1, 0.15) is 5.56 Å². The summed E-state index contributed by atoms with van der Waals surface area (Å²) in [6, 6.07) is 14.3. The van der Waals surface area contributed by atoms with Gasteiger partial charge in [-0.2, -0.15) is 0 Å². The van der Waals surface area contributed by atoms with E-state index < -0.39 is 0 Å². The molecule has 0 fully saturated rings. The van der Waals surface area contributed by atoms with Crippen LogP contribution in [0.5, 0.6) is 0 Å². The highest BCUT2D eigenvalue weighted by molar-refractivity contribution is 9.10. The van der Waals surface area contributed by atoms with Crippen LogP contribution in [-0.2, 0) is 7.05 Å². The van der Waals surface area contributed by atoms with Gasteiger partial charge in [0.05, 0.1) is 16.7 Å². The van der Waals surface area contributed by atoms with Gasteiger partial charge in [-0.3, -0.25) is 0 Å². The molecule has 0 radical (unpaired) electrons. The molecule has 0 spiro atoms. The molecule has 0 saturated heterocycles. The van der Waals surface area contributed by atoms with Crippen LogP contribution in [0.4, 0.5) is 11.6 Å². The van der Waals surface area contributed by atoms with Gasteiger partial charge in [-0.15, -0.1) is 0 Å². The van der Waals surface area contributed by atoms with E-state index in [0.29, 0.717) is 0 Å². The lowest BCUT2D eigenvalue weighted by atomic mass is 10.2. The van der Waals surface area contributed by atoms with E-state index >= 15 is 0 Å². The highest BCUT2D eigenvalue weighted by atomic mass is 79.9. The van der Waals surface area contributed by atoms with Crippen molar-refractivity contribution in [3.8, 4) is 0 Å². The summed E-state index contributed by atoms with van der Waals surface area (Å²) in [5.74, 6) is 0.839. The summed E-state index contributed by atoms with van der Waals surface area (Å²) in [5.41, 5.74) is 4.36. The number of para-hydroxylation sites is 2. The number of rotatable bonds is 2. The van der Waals surface area contributed by atoms with Crippen LogP contribution >= 0.6 is 15.9 Å². The summed E-state index contributed by atoms with van der Waals surface area (Å²) in [7, 11) is 2.01. The Labute approximate surface area is 120 Å². The summed E-state index contributed by atoms with van der Waals surface area (Å²) >= 11 is 3.57. The van der Waals surface area contributed by atoms with Crippen molar-refractivity contribution in [2.24, 2.45) is 7.05 Å². The predicted octanol–water partition coefficient (Wildman–Crippen LogP) is 4.39. The van der Waals surface area contributed by atoms with Crippen molar-refractivity contribution in [3.05, 3.63) is 52.5 Å². The molecule has 3 aromatic rings. The first-order chi connectivity index (χ1) is 9.15. The van der Waals surface area contributed by atoms with E-state index in [-0.39, 0.29) is 0 Å². The lowest BCUT2D eigenvalue weighted by molar-refractivity contribution is 0.958. The Bertz CT molecular complexity index is 746. The smallest absolute Gasteiger partial charge is 0.208 e. The highest BCUT2D eigenvalue weighted by Gasteiger charge is 2.08. The van der Waals surface area contributed by atoms with Crippen LogP contribution < -0.4 is 5.32 Å². The van der Waals surface area contributed by atoms with Crippen molar-refractivity contribution in [1.29, 1.82) is 0 Å². The van der Waals surface area contributed by atoms with Crippen molar-refractivity contribution < 1.29 is 0 Å². The van der Waals surface area contributed by atoms with Gasteiger partial charge >= 0.3 is 0 Å². The maximum atomic E-state index is 4.60. The Balaban J connectivity index is 2.03. The fraction of sp³-hybridized carbons (Fsp3) is 0.133. The molecule has 96 valence electrons. The number of aromatic nitrogens is 2. The second-order valence-electron chi connectivity index (χ2n) is 4.59. The van der Waals surface area contributed by atoms with Gasteiger partial charge in [-0.25, -0.2) is 4.98 Å². The molecule has 0 saturated carbocycles. The Morgan fingerprint density at radius 2 is 1.95 bits per heavy atom. The summed E-state index contributed by atoms with van der Waals surface area (Å²) in [4.78, 5) is 4.60. The number of fused-ring (bicyclic) bond motifs is 1. The number of hydrogen-bond donors (Lipinski definition) is 1. The quantitative estimate of drug-likeness (QED) is 0.760. The standard InChI is InChI=1S/C15H14BrN3/c1-10-7-8-12(11(16)9-10)17-15-18-13-5-3-4-6-14(13)19(15)2/h3-9H,1-2H3,(H,17,18). The van der Waals surface area contributed by atoms with Gasteiger partial charge in [0.1, 0.15) is 0 Å². The second kappa shape index (κ2) is 4.70. The minimum atomic E-state index is 0.839. The first kappa shape index (κ1) is 12.2. The van der Waals surface area contributed by atoms with Gasteiger partial charge < -0.3 is 9.88 Å². The molecule has 19 heavy (non-hydrogen) atoms. The molecule has 4 heteroatoms. The van der Waals surface area contributed by atoms with Crippen molar-refractivity contribution in [1.82, 2.24) is 9.55 Å². The summed E-state index contributed by atoms with van der Waals surface area (Å²) in [6.45, 7) is 2.07. The Morgan fingerprint density at radius 3 is 2.68 bits per heavy atom. The Hall–Kier alpha value is -1.81. The number of anilines is 2. The predicted molar refractivity (Wildman–Crippen MR) is 82.9 cm³/mol. The normalized spacial score (nSPS) is 10.9. The third-order valence-electron chi connectivity index (χ3n) is 3.16. The van der Waals surface area contributed by atoms with Gasteiger partial charge in [0, 0.05) is 11.5 Å². The molecule has 1 N–H and O–H groups in total. The number of aryl methyl sites for hydroxylation is 2. The molecule has 0 unspecified atom stereocenters. The van der Waals surface area contributed by atoms with Gasteiger partial charge in [0.15, 0.2) is 0 Å². The van der Waals surface area contributed by atoms with Crippen LogP contribution in [-0.4, -0.2) is 9.55 Å².